The summed E-state index contributed by atoms with van der Waals surface area (Å²) in [5.74, 6) is 0.338. The van der Waals surface area contributed by atoms with Crippen molar-refractivity contribution >= 4 is 16.9 Å². The topological polar surface area (TPSA) is 91.0 Å². The van der Waals surface area contributed by atoms with Gasteiger partial charge in [0.1, 0.15) is 23.8 Å². The van der Waals surface area contributed by atoms with Crippen LogP contribution in [0.1, 0.15) is 18.9 Å². The van der Waals surface area contributed by atoms with Crippen LogP contribution >= 0.6 is 0 Å². The van der Waals surface area contributed by atoms with Crippen LogP contribution in [0.4, 0.5) is 13.2 Å². The molecular formula is C25H18F3NO6. The van der Waals surface area contributed by atoms with Gasteiger partial charge in [-0.05, 0) is 42.8 Å². The van der Waals surface area contributed by atoms with Crippen LogP contribution in [-0.2, 0) is 11.0 Å². The normalized spacial score (nSPS) is 17.4. The van der Waals surface area contributed by atoms with Crippen LogP contribution in [0.15, 0.2) is 65.2 Å². The molecule has 0 spiro atoms. The summed E-state index contributed by atoms with van der Waals surface area (Å²) in [6.45, 7) is 1.60. The smallest absolute Gasteiger partial charge is 0.416 e. The molecule has 180 valence electrons. The van der Waals surface area contributed by atoms with E-state index < -0.39 is 23.3 Å². The number of hydrogen-bond donors (Lipinski definition) is 1. The fourth-order valence-electron chi connectivity index (χ4n) is 3.76. The second kappa shape index (κ2) is 8.23. The summed E-state index contributed by atoms with van der Waals surface area (Å²) in [6, 6.07) is 14.4. The van der Waals surface area contributed by atoms with Gasteiger partial charge < -0.3 is 23.8 Å². The number of fused-ring (bicyclic) bond motifs is 2. The van der Waals surface area contributed by atoms with Gasteiger partial charge in [-0.1, -0.05) is 24.2 Å². The average molecular weight is 485 g/mol. The Morgan fingerprint density at radius 1 is 1.06 bits per heavy atom. The molecule has 0 fully saturated rings. The molecule has 1 aliphatic rings. The Bertz CT molecular complexity index is 1410. The third-order valence-electron chi connectivity index (χ3n) is 5.81. The molecule has 1 aliphatic heterocycles. The van der Waals surface area contributed by atoms with Crippen molar-refractivity contribution in [2.75, 3.05) is 6.61 Å². The van der Waals surface area contributed by atoms with E-state index in [-0.39, 0.29) is 18.8 Å². The van der Waals surface area contributed by atoms with E-state index in [1.165, 1.54) is 12.1 Å². The Morgan fingerprint density at radius 2 is 1.77 bits per heavy atom. The minimum atomic E-state index is -4.42. The first kappa shape index (κ1) is 22.6. The lowest BCUT2D eigenvalue weighted by molar-refractivity contribution is -0.161. The first-order chi connectivity index (χ1) is 16.7. The molecular weight excluding hydrogens is 467 g/mol. The molecule has 3 aromatic carbocycles. The molecule has 0 radical (unpaired) electrons. The van der Waals surface area contributed by atoms with E-state index in [4.69, 9.17) is 18.7 Å². The van der Waals surface area contributed by atoms with E-state index >= 15 is 0 Å². The van der Waals surface area contributed by atoms with Crippen molar-refractivity contribution in [2.45, 2.75) is 25.1 Å². The predicted molar refractivity (Wildman–Crippen MR) is 118 cm³/mol. The largest absolute Gasteiger partial charge is 0.485 e. The first-order valence-electron chi connectivity index (χ1n) is 10.6. The van der Waals surface area contributed by atoms with Crippen molar-refractivity contribution in [1.29, 1.82) is 0 Å². The van der Waals surface area contributed by atoms with Crippen LogP contribution in [0.3, 0.4) is 0 Å². The van der Waals surface area contributed by atoms with Gasteiger partial charge in [-0.3, -0.25) is 0 Å². The van der Waals surface area contributed by atoms with Crippen LogP contribution in [0, 0.1) is 0 Å². The lowest BCUT2D eigenvalue weighted by atomic mass is 10.0. The average Bonchev–Trinajstić information content (AvgIpc) is 3.26. The molecule has 0 aliphatic carbocycles. The zero-order chi connectivity index (χ0) is 24.8. The van der Waals surface area contributed by atoms with Crippen molar-refractivity contribution in [2.24, 2.45) is 0 Å². The third-order valence-corrected chi connectivity index (χ3v) is 5.81. The summed E-state index contributed by atoms with van der Waals surface area (Å²) in [5, 5.41) is 14.2. The highest BCUT2D eigenvalue weighted by atomic mass is 19.4. The van der Waals surface area contributed by atoms with Gasteiger partial charge in [0.2, 0.25) is 5.60 Å². The quantitative estimate of drug-likeness (QED) is 0.354. The van der Waals surface area contributed by atoms with E-state index in [1.807, 2.05) is 0 Å². The van der Waals surface area contributed by atoms with E-state index in [1.54, 1.807) is 43.3 Å². The van der Waals surface area contributed by atoms with Crippen LogP contribution < -0.4 is 14.2 Å². The number of carboxylic acid groups (broad SMARTS) is 1. The highest BCUT2D eigenvalue weighted by molar-refractivity contribution is 5.92. The van der Waals surface area contributed by atoms with Gasteiger partial charge in [0.25, 0.3) is 0 Å². The summed E-state index contributed by atoms with van der Waals surface area (Å²) in [6.07, 6.45) is -4.20. The van der Waals surface area contributed by atoms with Gasteiger partial charge in [0, 0.05) is 23.1 Å². The van der Waals surface area contributed by atoms with Gasteiger partial charge in [0.15, 0.2) is 17.1 Å². The Labute approximate surface area is 196 Å². The SMILES string of the molecule is CC[C@]1(C(=O)O)COc2ccc(Oc3ccc4c(-c5ccc(C(F)(F)F)cc5)noc4c3)cc2O1. The predicted octanol–water partition coefficient (Wildman–Crippen LogP) is 6.31. The Kier molecular flexibility index (Phi) is 5.31. The van der Waals surface area contributed by atoms with Gasteiger partial charge in [-0.15, -0.1) is 0 Å². The van der Waals surface area contributed by atoms with Gasteiger partial charge in [0.05, 0.1) is 5.56 Å². The second-order valence-corrected chi connectivity index (χ2v) is 8.02. The van der Waals surface area contributed by atoms with Crippen LogP contribution in [-0.4, -0.2) is 28.4 Å². The van der Waals surface area contributed by atoms with E-state index in [0.29, 0.717) is 39.5 Å². The van der Waals surface area contributed by atoms with E-state index in [0.717, 1.165) is 12.1 Å². The molecule has 1 aromatic heterocycles. The zero-order valence-electron chi connectivity index (χ0n) is 18.3. The zero-order valence-corrected chi connectivity index (χ0v) is 18.3. The maximum absolute atomic E-state index is 12.8. The molecule has 0 saturated heterocycles. The number of rotatable bonds is 5. The van der Waals surface area contributed by atoms with Crippen molar-refractivity contribution < 1.29 is 41.8 Å². The van der Waals surface area contributed by atoms with Gasteiger partial charge in [-0.2, -0.15) is 13.2 Å². The van der Waals surface area contributed by atoms with Crippen molar-refractivity contribution in [3.05, 3.63) is 66.2 Å². The molecule has 2 heterocycles. The number of halogens is 3. The Hall–Kier alpha value is -4.21. The van der Waals surface area contributed by atoms with Gasteiger partial charge >= 0.3 is 12.1 Å². The molecule has 0 saturated carbocycles. The standard InChI is InChI=1S/C25H18F3NO6/c1-2-24(23(30)31)13-32-19-10-8-17(12-21(19)34-24)33-16-7-9-18-20(11-16)35-29-22(18)14-3-5-15(6-4-14)25(26,27)28/h3-12H,2,13H2,1H3,(H,30,31)/t24-/m1/s1. The number of aromatic nitrogens is 1. The Morgan fingerprint density at radius 3 is 2.46 bits per heavy atom. The van der Waals surface area contributed by atoms with E-state index in [9.17, 15) is 23.1 Å². The van der Waals surface area contributed by atoms with E-state index in [2.05, 4.69) is 5.16 Å². The third kappa shape index (κ3) is 4.11. The van der Waals surface area contributed by atoms with Gasteiger partial charge in [-0.25, -0.2) is 4.79 Å². The molecule has 10 heteroatoms. The molecule has 4 aromatic rings. The summed E-state index contributed by atoms with van der Waals surface area (Å²) in [7, 11) is 0. The maximum atomic E-state index is 12.8. The lowest BCUT2D eigenvalue weighted by Crippen LogP contribution is -2.51. The molecule has 1 atom stereocenters. The molecule has 7 nitrogen and oxygen atoms in total. The van der Waals surface area contributed by atoms with Crippen LogP contribution in [0.5, 0.6) is 23.0 Å². The molecule has 35 heavy (non-hydrogen) atoms. The number of carbonyl (C=O) groups is 1. The van der Waals surface area contributed by atoms with Crippen LogP contribution in [0.2, 0.25) is 0 Å². The number of hydrogen-bond acceptors (Lipinski definition) is 6. The summed E-state index contributed by atoms with van der Waals surface area (Å²) in [5.41, 5.74) is -0.951. The number of nitrogens with zero attached hydrogens (tertiary/aromatic N) is 1. The highest BCUT2D eigenvalue weighted by Crippen LogP contribution is 2.41. The van der Waals surface area contributed by atoms with Crippen molar-refractivity contribution in [3.8, 4) is 34.3 Å². The number of aliphatic carboxylic acids is 1. The lowest BCUT2D eigenvalue weighted by Gasteiger charge is -2.34. The number of ether oxygens (including phenoxy) is 3. The van der Waals surface area contributed by atoms with Crippen molar-refractivity contribution in [1.82, 2.24) is 5.16 Å². The molecule has 5 rings (SSSR count). The monoisotopic (exact) mass is 485 g/mol. The first-order valence-corrected chi connectivity index (χ1v) is 10.6. The number of carboxylic acids is 1. The molecule has 1 N–H and O–H groups in total. The van der Waals surface area contributed by atoms with Crippen molar-refractivity contribution in [3.63, 3.8) is 0 Å². The minimum Gasteiger partial charge on any atom is -0.485 e. The summed E-state index contributed by atoms with van der Waals surface area (Å²) in [4.78, 5) is 11.7. The molecule has 0 bridgehead atoms. The van der Waals surface area contributed by atoms with Crippen LogP contribution in [0.25, 0.3) is 22.2 Å². The second-order valence-electron chi connectivity index (χ2n) is 8.02. The number of benzene rings is 3. The summed E-state index contributed by atoms with van der Waals surface area (Å²) >= 11 is 0. The Balaban J connectivity index is 1.39. The fourth-order valence-corrected chi connectivity index (χ4v) is 3.76. The number of alkyl halides is 3. The fraction of sp³-hybridized carbons (Fsp3) is 0.200. The molecule has 0 amide bonds. The maximum Gasteiger partial charge on any atom is 0.416 e. The summed E-state index contributed by atoms with van der Waals surface area (Å²) < 4.78 is 61.1. The molecule has 0 unspecified atom stereocenters. The minimum absolute atomic E-state index is 0.102. The highest BCUT2D eigenvalue weighted by Gasteiger charge is 2.44.